The number of carbonyl (C=O) groups is 2. The van der Waals surface area contributed by atoms with Gasteiger partial charge in [-0.05, 0) is 5.56 Å². The van der Waals surface area contributed by atoms with E-state index in [1.165, 1.54) is 14.1 Å². The highest BCUT2D eigenvalue weighted by atomic mass is 16.4. The predicted octanol–water partition coefficient (Wildman–Crippen LogP) is -0.158. The van der Waals surface area contributed by atoms with Crippen LogP contribution in [-0.2, 0) is 18.3 Å². The molecule has 0 radical (unpaired) electrons. The lowest BCUT2D eigenvalue weighted by molar-refractivity contribution is -0.141. The van der Waals surface area contributed by atoms with Crippen LogP contribution < -0.4 is 11.2 Å². The van der Waals surface area contributed by atoms with Crippen molar-refractivity contribution in [3.63, 3.8) is 0 Å². The maximum atomic E-state index is 12.5. The van der Waals surface area contributed by atoms with E-state index < -0.39 is 29.2 Å². The molecular formula is C16H17N3O5. The topological polar surface area (TPSA) is 112 Å². The van der Waals surface area contributed by atoms with Gasteiger partial charge in [-0.3, -0.25) is 14.2 Å². The van der Waals surface area contributed by atoms with Crippen LogP contribution in [0.5, 0.6) is 0 Å². The summed E-state index contributed by atoms with van der Waals surface area (Å²) in [5, 5.41) is 9.43. The SMILES string of the molecule is CN(C(=O)c1c[nH]c(=O)n(C)c1=O)C(Cc1ccccc1)C(=O)O. The summed E-state index contributed by atoms with van der Waals surface area (Å²) in [5.74, 6) is -1.95. The summed E-state index contributed by atoms with van der Waals surface area (Å²) in [4.78, 5) is 50.7. The monoisotopic (exact) mass is 331 g/mol. The Balaban J connectivity index is 2.33. The summed E-state index contributed by atoms with van der Waals surface area (Å²) in [6.45, 7) is 0. The lowest BCUT2D eigenvalue weighted by Crippen LogP contribution is -2.47. The molecule has 0 saturated heterocycles. The molecule has 126 valence electrons. The predicted molar refractivity (Wildman–Crippen MR) is 86.0 cm³/mol. The third-order valence-electron chi connectivity index (χ3n) is 3.75. The fraction of sp³-hybridized carbons (Fsp3) is 0.250. The number of hydrogen-bond donors (Lipinski definition) is 2. The molecule has 1 unspecified atom stereocenters. The average Bonchev–Trinajstić information content (AvgIpc) is 2.57. The van der Waals surface area contributed by atoms with E-state index in [-0.39, 0.29) is 12.0 Å². The molecule has 1 heterocycles. The minimum Gasteiger partial charge on any atom is -0.480 e. The van der Waals surface area contributed by atoms with Crippen molar-refractivity contribution in [1.29, 1.82) is 0 Å². The van der Waals surface area contributed by atoms with Crippen molar-refractivity contribution in [2.75, 3.05) is 7.05 Å². The quantitative estimate of drug-likeness (QED) is 0.791. The van der Waals surface area contributed by atoms with E-state index in [0.29, 0.717) is 0 Å². The molecule has 1 atom stereocenters. The fourth-order valence-electron chi connectivity index (χ4n) is 2.28. The third kappa shape index (κ3) is 3.43. The van der Waals surface area contributed by atoms with Gasteiger partial charge in [0.05, 0.1) is 0 Å². The van der Waals surface area contributed by atoms with Crippen molar-refractivity contribution in [2.24, 2.45) is 7.05 Å². The molecule has 0 aliphatic carbocycles. The number of H-pyrrole nitrogens is 1. The van der Waals surface area contributed by atoms with Gasteiger partial charge in [0.1, 0.15) is 11.6 Å². The molecule has 0 fully saturated rings. The highest BCUT2D eigenvalue weighted by Crippen LogP contribution is 2.10. The minimum atomic E-state index is -1.18. The first-order valence-electron chi connectivity index (χ1n) is 7.15. The summed E-state index contributed by atoms with van der Waals surface area (Å²) in [5.41, 5.74) is -0.976. The van der Waals surface area contributed by atoms with Gasteiger partial charge in [-0.25, -0.2) is 9.59 Å². The zero-order valence-electron chi connectivity index (χ0n) is 13.2. The number of aliphatic carboxylic acids is 1. The van der Waals surface area contributed by atoms with E-state index in [1.807, 2.05) is 0 Å². The molecule has 0 aliphatic rings. The molecule has 0 bridgehead atoms. The zero-order valence-corrected chi connectivity index (χ0v) is 13.2. The Kier molecular flexibility index (Phi) is 4.98. The number of likely N-dealkylation sites (N-methyl/N-ethyl adjacent to an activating group) is 1. The largest absolute Gasteiger partial charge is 0.480 e. The second-order valence-corrected chi connectivity index (χ2v) is 5.33. The van der Waals surface area contributed by atoms with Gasteiger partial charge in [0.15, 0.2) is 0 Å². The number of amides is 1. The van der Waals surface area contributed by atoms with Gasteiger partial charge in [-0.1, -0.05) is 30.3 Å². The lowest BCUT2D eigenvalue weighted by atomic mass is 10.0. The van der Waals surface area contributed by atoms with Gasteiger partial charge in [0.25, 0.3) is 11.5 Å². The van der Waals surface area contributed by atoms with Crippen LogP contribution in [0, 0.1) is 0 Å². The Hall–Kier alpha value is -3.16. The third-order valence-corrected chi connectivity index (χ3v) is 3.75. The van der Waals surface area contributed by atoms with Gasteiger partial charge in [-0.2, -0.15) is 0 Å². The van der Waals surface area contributed by atoms with Crippen LogP contribution in [0.25, 0.3) is 0 Å². The van der Waals surface area contributed by atoms with E-state index >= 15 is 0 Å². The molecular weight excluding hydrogens is 314 g/mol. The van der Waals surface area contributed by atoms with Gasteiger partial charge in [-0.15, -0.1) is 0 Å². The molecule has 2 N–H and O–H groups in total. The molecule has 8 heteroatoms. The Labute approximate surface area is 137 Å². The van der Waals surface area contributed by atoms with Crippen molar-refractivity contribution >= 4 is 11.9 Å². The van der Waals surface area contributed by atoms with Crippen molar-refractivity contribution in [2.45, 2.75) is 12.5 Å². The van der Waals surface area contributed by atoms with Crippen LogP contribution in [0.15, 0.2) is 46.1 Å². The minimum absolute atomic E-state index is 0.0993. The van der Waals surface area contributed by atoms with E-state index in [9.17, 15) is 24.3 Å². The number of rotatable bonds is 5. The zero-order chi connectivity index (χ0) is 17.9. The van der Waals surface area contributed by atoms with Crippen LogP contribution in [0.4, 0.5) is 0 Å². The first-order chi connectivity index (χ1) is 11.3. The number of benzene rings is 1. The normalized spacial score (nSPS) is 11.8. The van der Waals surface area contributed by atoms with Crippen molar-refractivity contribution in [1.82, 2.24) is 14.5 Å². The van der Waals surface area contributed by atoms with Crippen LogP contribution in [-0.4, -0.2) is 44.5 Å². The van der Waals surface area contributed by atoms with Gasteiger partial charge in [0, 0.05) is 26.7 Å². The highest BCUT2D eigenvalue weighted by molar-refractivity contribution is 5.95. The number of aromatic nitrogens is 2. The molecule has 1 amide bonds. The van der Waals surface area contributed by atoms with Gasteiger partial charge < -0.3 is 15.0 Å². The number of carboxylic acid groups (broad SMARTS) is 1. The summed E-state index contributed by atoms with van der Waals surface area (Å²) < 4.78 is 0.758. The summed E-state index contributed by atoms with van der Waals surface area (Å²) in [7, 11) is 2.55. The molecule has 2 rings (SSSR count). The van der Waals surface area contributed by atoms with E-state index in [1.54, 1.807) is 30.3 Å². The van der Waals surface area contributed by atoms with E-state index in [2.05, 4.69) is 4.98 Å². The van der Waals surface area contributed by atoms with E-state index in [0.717, 1.165) is 21.2 Å². The number of carboxylic acids is 1. The molecule has 8 nitrogen and oxygen atoms in total. The standard InChI is InChI=1S/C16H17N3O5/c1-18(12(15(22)23)8-10-6-4-3-5-7-10)13(20)11-9-17-16(24)19(2)14(11)21/h3-7,9,12H,8H2,1-2H3,(H,17,24)(H,22,23). The lowest BCUT2D eigenvalue weighted by Gasteiger charge is -2.24. The maximum absolute atomic E-state index is 12.5. The van der Waals surface area contributed by atoms with Crippen LogP contribution in [0.3, 0.4) is 0 Å². The fourth-order valence-corrected chi connectivity index (χ4v) is 2.28. The summed E-state index contributed by atoms with van der Waals surface area (Å²) in [6.07, 6.45) is 1.10. The average molecular weight is 331 g/mol. The Morgan fingerprint density at radius 2 is 1.88 bits per heavy atom. The number of nitrogens with one attached hydrogen (secondary N) is 1. The highest BCUT2D eigenvalue weighted by Gasteiger charge is 2.29. The second-order valence-electron chi connectivity index (χ2n) is 5.33. The number of aromatic amines is 1. The van der Waals surface area contributed by atoms with Crippen molar-refractivity contribution < 1.29 is 14.7 Å². The Bertz CT molecular complexity index is 869. The first kappa shape index (κ1) is 17.2. The molecule has 0 spiro atoms. The second kappa shape index (κ2) is 6.95. The number of carbonyl (C=O) groups excluding carboxylic acids is 1. The molecule has 24 heavy (non-hydrogen) atoms. The van der Waals surface area contributed by atoms with E-state index in [4.69, 9.17) is 0 Å². The molecule has 1 aromatic carbocycles. The summed E-state index contributed by atoms with van der Waals surface area (Å²) >= 11 is 0. The summed E-state index contributed by atoms with van der Waals surface area (Å²) in [6, 6.07) is 7.72. The van der Waals surface area contributed by atoms with Crippen LogP contribution in [0.1, 0.15) is 15.9 Å². The molecule has 1 aromatic heterocycles. The number of nitrogens with zero attached hydrogens (tertiary/aromatic N) is 2. The first-order valence-corrected chi connectivity index (χ1v) is 7.15. The van der Waals surface area contributed by atoms with Gasteiger partial charge in [0.2, 0.25) is 0 Å². The van der Waals surface area contributed by atoms with Gasteiger partial charge >= 0.3 is 11.7 Å². The Morgan fingerprint density at radius 1 is 1.25 bits per heavy atom. The van der Waals surface area contributed by atoms with Crippen LogP contribution in [0.2, 0.25) is 0 Å². The number of hydrogen-bond acceptors (Lipinski definition) is 4. The Morgan fingerprint density at radius 3 is 2.46 bits per heavy atom. The van der Waals surface area contributed by atoms with Crippen molar-refractivity contribution in [3.8, 4) is 0 Å². The molecule has 0 aliphatic heterocycles. The smallest absolute Gasteiger partial charge is 0.328 e. The maximum Gasteiger partial charge on any atom is 0.328 e. The van der Waals surface area contributed by atoms with Crippen LogP contribution >= 0.6 is 0 Å². The molecule has 0 saturated carbocycles. The van der Waals surface area contributed by atoms with Crippen molar-refractivity contribution in [3.05, 3.63) is 68.5 Å². The molecule has 2 aromatic rings.